The Morgan fingerprint density at radius 2 is 2.16 bits per heavy atom. The van der Waals surface area contributed by atoms with E-state index in [9.17, 15) is 9.59 Å². The zero-order valence-corrected chi connectivity index (χ0v) is 12.3. The topological polar surface area (TPSA) is 52.0 Å². The fourth-order valence-electron chi connectivity index (χ4n) is 2.05. The van der Waals surface area contributed by atoms with Crippen molar-refractivity contribution in [1.29, 1.82) is 0 Å². The summed E-state index contributed by atoms with van der Waals surface area (Å²) in [5.41, 5.74) is 1.03. The van der Waals surface area contributed by atoms with Gasteiger partial charge in [0.05, 0.1) is 11.7 Å². The number of hydrogen-bond donors (Lipinski definition) is 0. The van der Waals surface area contributed by atoms with Gasteiger partial charge < -0.3 is 0 Å². The number of carbonyl (C=O) groups is 1. The molecule has 2 aromatic rings. The molecular formula is C14H18N2O2S. The molecule has 0 fully saturated rings. The van der Waals surface area contributed by atoms with Gasteiger partial charge in [0.25, 0.3) is 5.56 Å². The Morgan fingerprint density at radius 3 is 2.84 bits per heavy atom. The van der Waals surface area contributed by atoms with Crippen molar-refractivity contribution in [1.82, 2.24) is 9.55 Å². The van der Waals surface area contributed by atoms with Crippen LogP contribution in [0, 0.1) is 13.8 Å². The van der Waals surface area contributed by atoms with Crippen molar-refractivity contribution >= 4 is 27.3 Å². The van der Waals surface area contributed by atoms with Crippen LogP contribution in [0.3, 0.4) is 0 Å². The van der Waals surface area contributed by atoms with Crippen molar-refractivity contribution in [3.8, 4) is 0 Å². The zero-order chi connectivity index (χ0) is 14.0. The standard InChI is InChI=1S/C14H18N2O2S/c1-4-11(17)6-5-7-16-8-15-13-12(14(16)18)9(2)10(3)19-13/h8H,4-7H2,1-3H3. The maximum absolute atomic E-state index is 12.4. The van der Waals surface area contributed by atoms with Gasteiger partial charge in [0.15, 0.2) is 0 Å². The summed E-state index contributed by atoms with van der Waals surface area (Å²) in [6.45, 7) is 6.38. The van der Waals surface area contributed by atoms with E-state index in [2.05, 4.69) is 4.98 Å². The Balaban J connectivity index is 2.25. The van der Waals surface area contributed by atoms with E-state index >= 15 is 0 Å². The molecule has 19 heavy (non-hydrogen) atoms. The van der Waals surface area contributed by atoms with Crippen molar-refractivity contribution in [3.63, 3.8) is 0 Å². The molecular weight excluding hydrogens is 260 g/mol. The Bertz CT molecular complexity index is 670. The molecule has 0 aliphatic heterocycles. The molecule has 0 atom stereocenters. The van der Waals surface area contributed by atoms with Crippen molar-refractivity contribution in [2.75, 3.05) is 0 Å². The molecule has 0 saturated heterocycles. The van der Waals surface area contributed by atoms with Crippen LogP contribution < -0.4 is 5.56 Å². The number of thiophene rings is 1. The summed E-state index contributed by atoms with van der Waals surface area (Å²) in [5, 5.41) is 0.729. The minimum atomic E-state index is 0.01000. The van der Waals surface area contributed by atoms with E-state index in [1.807, 2.05) is 20.8 Å². The Kier molecular flexibility index (Phi) is 4.14. The number of Topliss-reactive ketones (excluding diaryl/α,β-unsaturated/α-hetero) is 1. The van der Waals surface area contributed by atoms with Crippen molar-refractivity contribution in [2.45, 2.75) is 46.6 Å². The maximum Gasteiger partial charge on any atom is 0.262 e. The molecule has 102 valence electrons. The second-order valence-corrected chi connectivity index (χ2v) is 5.91. The van der Waals surface area contributed by atoms with Crippen LogP contribution in [0.5, 0.6) is 0 Å². The molecule has 2 rings (SSSR count). The fourth-order valence-corrected chi connectivity index (χ4v) is 3.04. The highest BCUT2D eigenvalue weighted by Gasteiger charge is 2.11. The monoisotopic (exact) mass is 278 g/mol. The third-order valence-corrected chi connectivity index (χ3v) is 4.52. The number of fused-ring (bicyclic) bond motifs is 1. The van der Waals surface area contributed by atoms with Crippen molar-refractivity contribution < 1.29 is 4.79 Å². The second kappa shape index (κ2) is 5.65. The van der Waals surface area contributed by atoms with Gasteiger partial charge in [0.1, 0.15) is 10.6 Å². The van der Waals surface area contributed by atoms with Gasteiger partial charge in [-0.1, -0.05) is 6.92 Å². The molecule has 0 radical (unpaired) electrons. The van der Waals surface area contributed by atoms with Crippen LogP contribution in [-0.2, 0) is 11.3 Å². The van der Waals surface area contributed by atoms with E-state index in [1.165, 1.54) is 0 Å². The van der Waals surface area contributed by atoms with E-state index in [1.54, 1.807) is 22.2 Å². The third-order valence-electron chi connectivity index (χ3n) is 3.40. The number of aryl methyl sites for hydroxylation is 3. The Morgan fingerprint density at radius 1 is 1.42 bits per heavy atom. The average Bonchev–Trinajstić information content (AvgIpc) is 2.68. The highest BCUT2D eigenvalue weighted by molar-refractivity contribution is 7.18. The van der Waals surface area contributed by atoms with E-state index in [4.69, 9.17) is 0 Å². The molecule has 0 amide bonds. The highest BCUT2D eigenvalue weighted by atomic mass is 32.1. The number of nitrogens with zero attached hydrogens (tertiary/aromatic N) is 2. The van der Waals surface area contributed by atoms with Crippen LogP contribution >= 0.6 is 11.3 Å². The maximum atomic E-state index is 12.4. The summed E-state index contributed by atoms with van der Waals surface area (Å²) >= 11 is 1.56. The van der Waals surface area contributed by atoms with Crippen LogP contribution in [0.15, 0.2) is 11.1 Å². The normalized spacial score (nSPS) is 11.1. The number of aromatic nitrogens is 2. The van der Waals surface area contributed by atoms with E-state index in [-0.39, 0.29) is 11.3 Å². The summed E-state index contributed by atoms with van der Waals surface area (Å²) in [6, 6.07) is 0. The van der Waals surface area contributed by atoms with Gasteiger partial charge in [-0.3, -0.25) is 14.2 Å². The second-order valence-electron chi connectivity index (χ2n) is 4.70. The lowest BCUT2D eigenvalue weighted by Gasteiger charge is -2.04. The molecule has 0 unspecified atom stereocenters. The molecule has 0 aliphatic carbocycles. The number of carbonyl (C=O) groups excluding carboxylic acids is 1. The van der Waals surface area contributed by atoms with Crippen molar-refractivity contribution in [2.24, 2.45) is 0 Å². The fraction of sp³-hybridized carbons (Fsp3) is 0.500. The summed E-state index contributed by atoms with van der Waals surface area (Å²) < 4.78 is 1.62. The Labute approximate surface area is 116 Å². The van der Waals surface area contributed by atoms with E-state index in [0.717, 1.165) is 20.7 Å². The van der Waals surface area contributed by atoms with Crippen molar-refractivity contribution in [3.05, 3.63) is 27.1 Å². The molecule has 0 aliphatic rings. The largest absolute Gasteiger partial charge is 0.300 e. The first kappa shape index (κ1) is 13.9. The lowest BCUT2D eigenvalue weighted by Crippen LogP contribution is -2.21. The Hall–Kier alpha value is -1.49. The molecule has 0 saturated carbocycles. The first-order valence-electron chi connectivity index (χ1n) is 6.51. The molecule has 2 heterocycles. The first-order chi connectivity index (χ1) is 9.04. The van der Waals surface area contributed by atoms with E-state index < -0.39 is 0 Å². The number of ketones is 1. The lowest BCUT2D eigenvalue weighted by atomic mass is 10.2. The smallest absolute Gasteiger partial charge is 0.262 e. The third kappa shape index (κ3) is 2.76. The molecule has 0 aromatic carbocycles. The summed E-state index contributed by atoms with van der Waals surface area (Å²) in [7, 11) is 0. The van der Waals surface area contributed by atoms with Gasteiger partial charge in [-0.2, -0.15) is 0 Å². The number of hydrogen-bond acceptors (Lipinski definition) is 4. The SMILES string of the molecule is CCC(=O)CCCn1cnc2sc(C)c(C)c2c1=O. The molecule has 0 spiro atoms. The molecule has 4 nitrogen and oxygen atoms in total. The molecule has 2 aromatic heterocycles. The number of rotatable bonds is 5. The molecule has 0 bridgehead atoms. The predicted molar refractivity (Wildman–Crippen MR) is 77.9 cm³/mol. The van der Waals surface area contributed by atoms with Gasteiger partial charge in [0.2, 0.25) is 0 Å². The predicted octanol–water partition coefficient (Wildman–Crippen LogP) is 2.83. The van der Waals surface area contributed by atoms with Crippen LogP contribution in [0.4, 0.5) is 0 Å². The zero-order valence-electron chi connectivity index (χ0n) is 11.5. The highest BCUT2D eigenvalue weighted by Crippen LogP contribution is 2.25. The quantitative estimate of drug-likeness (QED) is 0.845. The minimum Gasteiger partial charge on any atom is -0.300 e. The van der Waals surface area contributed by atoms with Gasteiger partial charge in [-0.25, -0.2) is 4.98 Å². The van der Waals surface area contributed by atoms with Crippen LogP contribution in [0.25, 0.3) is 10.2 Å². The van der Waals surface area contributed by atoms with Gasteiger partial charge in [0, 0.05) is 24.3 Å². The van der Waals surface area contributed by atoms with Gasteiger partial charge in [-0.15, -0.1) is 11.3 Å². The van der Waals surface area contributed by atoms with Gasteiger partial charge in [-0.05, 0) is 25.8 Å². The van der Waals surface area contributed by atoms with E-state index in [0.29, 0.717) is 25.8 Å². The van der Waals surface area contributed by atoms with Crippen LogP contribution in [0.2, 0.25) is 0 Å². The lowest BCUT2D eigenvalue weighted by molar-refractivity contribution is -0.118. The van der Waals surface area contributed by atoms with Gasteiger partial charge >= 0.3 is 0 Å². The summed E-state index contributed by atoms with van der Waals surface area (Å²) in [6.07, 6.45) is 3.38. The van der Waals surface area contributed by atoms with Crippen LogP contribution in [0.1, 0.15) is 36.6 Å². The van der Waals surface area contributed by atoms with Crippen LogP contribution in [-0.4, -0.2) is 15.3 Å². The first-order valence-corrected chi connectivity index (χ1v) is 7.33. The summed E-state index contributed by atoms with van der Waals surface area (Å²) in [4.78, 5) is 29.9. The average molecular weight is 278 g/mol. The minimum absolute atomic E-state index is 0.01000. The molecule has 5 heteroatoms. The molecule has 0 N–H and O–H groups in total. The summed E-state index contributed by atoms with van der Waals surface area (Å²) in [5.74, 6) is 0.240.